The maximum absolute atomic E-state index is 5.68. The van der Waals surface area contributed by atoms with Gasteiger partial charge in [-0.1, -0.05) is 0 Å². The van der Waals surface area contributed by atoms with Gasteiger partial charge in [0.25, 0.3) is 0 Å². The van der Waals surface area contributed by atoms with E-state index in [0.29, 0.717) is 5.88 Å². The van der Waals surface area contributed by atoms with Gasteiger partial charge in [0.2, 0.25) is 0 Å². The molecule has 0 saturated heterocycles. The second kappa shape index (κ2) is 6.22. The van der Waals surface area contributed by atoms with Gasteiger partial charge in [-0.3, -0.25) is 0 Å². The molecule has 0 bridgehead atoms. The lowest BCUT2D eigenvalue weighted by Crippen LogP contribution is -2.19. The molecule has 0 unspecified atom stereocenters. The standard InChI is InChI=1S/C9H15ClN2OS/c1-12(4-3-5-13-2)9-11-8(6-10)7-14-9/h7H,3-6H2,1-2H3. The Hall–Kier alpha value is -0.320. The van der Waals surface area contributed by atoms with E-state index in [2.05, 4.69) is 9.88 Å². The summed E-state index contributed by atoms with van der Waals surface area (Å²) in [6.45, 7) is 1.75. The van der Waals surface area contributed by atoms with Crippen LogP contribution in [0, 0.1) is 0 Å². The molecule has 0 aliphatic heterocycles. The lowest BCUT2D eigenvalue weighted by molar-refractivity contribution is 0.196. The van der Waals surface area contributed by atoms with Crippen molar-refractivity contribution in [3.63, 3.8) is 0 Å². The first kappa shape index (κ1) is 11.8. The molecule has 0 N–H and O–H groups in total. The zero-order valence-electron chi connectivity index (χ0n) is 8.49. The zero-order valence-corrected chi connectivity index (χ0v) is 10.1. The number of thiazole rings is 1. The predicted octanol–water partition coefficient (Wildman–Crippen LogP) is 2.35. The Morgan fingerprint density at radius 2 is 2.43 bits per heavy atom. The molecule has 14 heavy (non-hydrogen) atoms. The molecule has 1 aromatic rings. The number of alkyl halides is 1. The topological polar surface area (TPSA) is 25.4 Å². The van der Waals surface area contributed by atoms with Gasteiger partial charge in [-0.2, -0.15) is 0 Å². The molecule has 0 fully saturated rings. The van der Waals surface area contributed by atoms with Crippen LogP contribution < -0.4 is 4.90 Å². The molecule has 0 amide bonds. The summed E-state index contributed by atoms with van der Waals surface area (Å²) in [6.07, 6.45) is 1.02. The largest absolute Gasteiger partial charge is 0.385 e. The van der Waals surface area contributed by atoms with E-state index in [4.69, 9.17) is 16.3 Å². The first-order chi connectivity index (χ1) is 6.77. The molecule has 0 aromatic carbocycles. The summed E-state index contributed by atoms with van der Waals surface area (Å²) in [5.41, 5.74) is 0.949. The molecule has 1 heterocycles. The van der Waals surface area contributed by atoms with Crippen molar-refractivity contribution in [1.82, 2.24) is 4.98 Å². The van der Waals surface area contributed by atoms with Crippen LogP contribution in [0.2, 0.25) is 0 Å². The van der Waals surface area contributed by atoms with Gasteiger partial charge in [-0.15, -0.1) is 22.9 Å². The molecule has 0 aliphatic rings. The van der Waals surface area contributed by atoms with Crippen molar-refractivity contribution < 1.29 is 4.74 Å². The number of rotatable bonds is 6. The lowest BCUT2D eigenvalue weighted by atomic mass is 10.4. The zero-order chi connectivity index (χ0) is 10.4. The number of halogens is 1. The molecule has 0 spiro atoms. The lowest BCUT2D eigenvalue weighted by Gasteiger charge is -2.14. The third-order valence-electron chi connectivity index (χ3n) is 1.85. The Morgan fingerprint density at radius 3 is 3.00 bits per heavy atom. The van der Waals surface area contributed by atoms with E-state index >= 15 is 0 Å². The smallest absolute Gasteiger partial charge is 0.185 e. The highest BCUT2D eigenvalue weighted by atomic mass is 35.5. The third kappa shape index (κ3) is 3.44. The first-order valence-corrected chi connectivity index (χ1v) is 5.89. The van der Waals surface area contributed by atoms with Gasteiger partial charge in [0.1, 0.15) is 0 Å². The van der Waals surface area contributed by atoms with Crippen LogP contribution in [0.15, 0.2) is 5.38 Å². The first-order valence-electron chi connectivity index (χ1n) is 4.48. The summed E-state index contributed by atoms with van der Waals surface area (Å²) in [6, 6.07) is 0. The monoisotopic (exact) mass is 234 g/mol. The van der Waals surface area contributed by atoms with E-state index in [1.807, 2.05) is 12.4 Å². The van der Waals surface area contributed by atoms with E-state index in [9.17, 15) is 0 Å². The molecule has 80 valence electrons. The average molecular weight is 235 g/mol. The van der Waals surface area contributed by atoms with Crippen molar-refractivity contribution in [3.8, 4) is 0 Å². The van der Waals surface area contributed by atoms with Crippen LogP contribution in [0.3, 0.4) is 0 Å². The summed E-state index contributed by atoms with van der Waals surface area (Å²) in [4.78, 5) is 6.50. The highest BCUT2D eigenvalue weighted by Crippen LogP contribution is 2.20. The van der Waals surface area contributed by atoms with Crippen molar-refractivity contribution in [2.45, 2.75) is 12.3 Å². The molecule has 1 rings (SSSR count). The molecule has 1 aromatic heterocycles. The number of hydrogen-bond acceptors (Lipinski definition) is 4. The van der Waals surface area contributed by atoms with Crippen molar-refractivity contribution in [1.29, 1.82) is 0 Å². The number of nitrogens with zero attached hydrogens (tertiary/aromatic N) is 2. The van der Waals surface area contributed by atoms with Gasteiger partial charge in [0.15, 0.2) is 5.13 Å². The van der Waals surface area contributed by atoms with Gasteiger partial charge < -0.3 is 9.64 Å². The number of methoxy groups -OCH3 is 1. The number of anilines is 1. The van der Waals surface area contributed by atoms with Crippen LogP contribution in [0.1, 0.15) is 12.1 Å². The highest BCUT2D eigenvalue weighted by molar-refractivity contribution is 7.13. The summed E-state index contributed by atoms with van der Waals surface area (Å²) in [7, 11) is 3.75. The van der Waals surface area contributed by atoms with Gasteiger partial charge in [0.05, 0.1) is 11.6 Å². The maximum Gasteiger partial charge on any atom is 0.185 e. The molecule has 0 radical (unpaired) electrons. The number of aromatic nitrogens is 1. The van der Waals surface area contributed by atoms with Crippen molar-refractivity contribution in [3.05, 3.63) is 11.1 Å². The SMILES string of the molecule is COCCCN(C)c1nc(CCl)cs1. The fraction of sp³-hybridized carbons (Fsp3) is 0.667. The van der Waals surface area contributed by atoms with Crippen LogP contribution in [-0.2, 0) is 10.6 Å². The van der Waals surface area contributed by atoms with Gasteiger partial charge in [-0.25, -0.2) is 4.98 Å². The van der Waals surface area contributed by atoms with Gasteiger partial charge in [0, 0.05) is 32.7 Å². The molecular formula is C9H15ClN2OS. The minimum absolute atomic E-state index is 0.489. The molecule has 0 saturated carbocycles. The van der Waals surface area contributed by atoms with E-state index in [-0.39, 0.29) is 0 Å². The minimum atomic E-state index is 0.489. The fourth-order valence-electron chi connectivity index (χ4n) is 1.07. The summed E-state index contributed by atoms with van der Waals surface area (Å²) >= 11 is 7.31. The van der Waals surface area contributed by atoms with Crippen LogP contribution in [0.4, 0.5) is 5.13 Å². The Bertz CT molecular complexity index is 267. The summed E-state index contributed by atoms with van der Waals surface area (Å²) in [5.74, 6) is 0.489. The third-order valence-corrected chi connectivity index (χ3v) is 3.12. The molecule has 0 atom stereocenters. The Kier molecular flexibility index (Phi) is 5.22. The highest BCUT2D eigenvalue weighted by Gasteiger charge is 2.05. The maximum atomic E-state index is 5.68. The molecule has 0 aliphatic carbocycles. The van der Waals surface area contributed by atoms with Crippen molar-refractivity contribution in [2.75, 3.05) is 32.2 Å². The normalized spacial score (nSPS) is 10.5. The summed E-state index contributed by atoms with van der Waals surface area (Å²) < 4.78 is 4.99. The van der Waals surface area contributed by atoms with E-state index in [1.54, 1.807) is 18.4 Å². The van der Waals surface area contributed by atoms with Crippen molar-refractivity contribution >= 4 is 28.1 Å². The van der Waals surface area contributed by atoms with Crippen LogP contribution >= 0.6 is 22.9 Å². The average Bonchev–Trinajstić information content (AvgIpc) is 2.66. The minimum Gasteiger partial charge on any atom is -0.385 e. The number of hydrogen-bond donors (Lipinski definition) is 0. The van der Waals surface area contributed by atoms with Crippen LogP contribution in [0.5, 0.6) is 0 Å². The molecule has 5 heteroatoms. The second-order valence-corrected chi connectivity index (χ2v) is 4.13. The van der Waals surface area contributed by atoms with E-state index in [0.717, 1.165) is 30.4 Å². The van der Waals surface area contributed by atoms with Gasteiger partial charge >= 0.3 is 0 Å². The quantitative estimate of drug-likeness (QED) is 0.558. The fourth-order valence-corrected chi connectivity index (χ4v) is 2.12. The number of ether oxygens (including phenoxy) is 1. The Labute approximate surface area is 93.7 Å². The van der Waals surface area contributed by atoms with Crippen molar-refractivity contribution in [2.24, 2.45) is 0 Å². The Balaban J connectivity index is 2.39. The Morgan fingerprint density at radius 1 is 1.64 bits per heavy atom. The predicted molar refractivity (Wildman–Crippen MR) is 61.4 cm³/mol. The van der Waals surface area contributed by atoms with E-state index < -0.39 is 0 Å². The van der Waals surface area contributed by atoms with Crippen LogP contribution in [-0.4, -0.2) is 32.3 Å². The molecular weight excluding hydrogens is 220 g/mol. The summed E-state index contributed by atoms with van der Waals surface area (Å²) in [5, 5.41) is 3.02. The van der Waals surface area contributed by atoms with Gasteiger partial charge in [-0.05, 0) is 6.42 Å². The second-order valence-electron chi connectivity index (χ2n) is 3.02. The molecule has 3 nitrogen and oxygen atoms in total. The van der Waals surface area contributed by atoms with Crippen LogP contribution in [0.25, 0.3) is 0 Å². The van der Waals surface area contributed by atoms with E-state index in [1.165, 1.54) is 0 Å².